The molecule has 1 unspecified atom stereocenters. The molecule has 0 amide bonds. The van der Waals surface area contributed by atoms with E-state index in [1.807, 2.05) is 6.92 Å². The van der Waals surface area contributed by atoms with Gasteiger partial charge in [0.25, 0.3) is 6.10 Å². The van der Waals surface area contributed by atoms with Crippen LogP contribution in [-0.2, 0) is 9.47 Å². The predicted octanol–water partition coefficient (Wildman–Crippen LogP) is 3.66. The molecule has 0 spiro atoms. The van der Waals surface area contributed by atoms with E-state index in [0.717, 1.165) is 6.92 Å². The summed E-state index contributed by atoms with van der Waals surface area (Å²) >= 11 is 0. The Morgan fingerprint density at radius 1 is 1.00 bits per heavy atom. The molecule has 0 aromatic heterocycles. The fourth-order valence-electron chi connectivity index (χ4n) is 0.964. The number of rotatable bonds is 6. The quantitative estimate of drug-likeness (QED) is 0.416. The fraction of sp³-hybridized carbons (Fsp3) is 1.00. The number of hydrogen-bond donors (Lipinski definition) is 0. The molecule has 0 aromatic rings. The molecule has 0 bridgehead atoms. The largest absolute Gasteiger partial charge is 0.423 e. The van der Waals surface area contributed by atoms with Crippen molar-refractivity contribution < 1.29 is 35.8 Å². The van der Waals surface area contributed by atoms with Crippen LogP contribution < -0.4 is 0 Å². The Kier molecular flexibility index (Phi) is 6.25. The van der Waals surface area contributed by atoms with Crippen LogP contribution in [0.5, 0.6) is 0 Å². The van der Waals surface area contributed by atoms with Crippen molar-refractivity contribution in [2.24, 2.45) is 0 Å². The van der Waals surface area contributed by atoms with E-state index in [4.69, 9.17) is 0 Å². The van der Waals surface area contributed by atoms with E-state index in [1.165, 1.54) is 0 Å². The maximum Gasteiger partial charge on any atom is 0.423 e. The van der Waals surface area contributed by atoms with Crippen molar-refractivity contribution in [3.63, 3.8) is 0 Å². The van der Waals surface area contributed by atoms with Crippen molar-refractivity contribution in [3.8, 4) is 0 Å². The third-order valence-corrected chi connectivity index (χ3v) is 1.77. The number of alkyl halides is 6. The van der Waals surface area contributed by atoms with Crippen LogP contribution in [0.3, 0.4) is 0 Å². The molecule has 0 aliphatic rings. The summed E-state index contributed by atoms with van der Waals surface area (Å²) in [4.78, 5) is 0. The third kappa shape index (κ3) is 6.72. The highest BCUT2D eigenvalue weighted by molar-refractivity contribution is 4.76. The van der Waals surface area contributed by atoms with Gasteiger partial charge in [-0.15, -0.1) is 0 Å². The van der Waals surface area contributed by atoms with E-state index in [1.54, 1.807) is 0 Å². The summed E-state index contributed by atoms with van der Waals surface area (Å²) in [5.41, 5.74) is 0. The van der Waals surface area contributed by atoms with E-state index in [-0.39, 0.29) is 6.61 Å². The van der Waals surface area contributed by atoms with Gasteiger partial charge in [-0.3, -0.25) is 0 Å². The van der Waals surface area contributed by atoms with Crippen molar-refractivity contribution in [3.05, 3.63) is 0 Å². The Balaban J connectivity index is 4.36. The molecule has 0 heterocycles. The topological polar surface area (TPSA) is 18.5 Å². The molecule has 0 rings (SSSR count). The van der Waals surface area contributed by atoms with Crippen molar-refractivity contribution in [1.82, 2.24) is 0 Å². The van der Waals surface area contributed by atoms with E-state index in [0.29, 0.717) is 12.8 Å². The van der Waals surface area contributed by atoms with Gasteiger partial charge in [0.2, 0.25) is 0 Å². The normalized spacial score (nSPS) is 15.4. The summed E-state index contributed by atoms with van der Waals surface area (Å²) in [6, 6.07) is 0. The lowest BCUT2D eigenvalue weighted by atomic mass is 10.3. The summed E-state index contributed by atoms with van der Waals surface area (Å²) in [5, 5.41) is 0. The molecule has 0 radical (unpaired) electrons. The first-order valence-electron chi connectivity index (χ1n) is 4.99. The smallest absolute Gasteiger partial charge is 0.353 e. The van der Waals surface area contributed by atoms with Crippen LogP contribution in [0.25, 0.3) is 0 Å². The average molecular weight is 268 g/mol. The molecule has 0 aliphatic heterocycles. The second-order valence-electron chi connectivity index (χ2n) is 3.39. The van der Waals surface area contributed by atoms with Gasteiger partial charge >= 0.3 is 12.4 Å². The lowest BCUT2D eigenvalue weighted by molar-refractivity contribution is -0.350. The number of hydrogen-bond acceptors (Lipinski definition) is 2. The summed E-state index contributed by atoms with van der Waals surface area (Å²) in [6.45, 7) is 2.86. The molecule has 17 heavy (non-hydrogen) atoms. The van der Waals surface area contributed by atoms with Crippen LogP contribution in [0.15, 0.2) is 0 Å². The zero-order valence-electron chi connectivity index (χ0n) is 9.36. The monoisotopic (exact) mass is 268 g/mol. The van der Waals surface area contributed by atoms with E-state index >= 15 is 0 Å². The van der Waals surface area contributed by atoms with Crippen LogP contribution in [-0.4, -0.2) is 31.4 Å². The molecule has 2 nitrogen and oxygen atoms in total. The Hall–Kier alpha value is -0.500. The Morgan fingerprint density at radius 3 is 1.82 bits per heavy atom. The van der Waals surface area contributed by atoms with Gasteiger partial charge in [0.05, 0.1) is 0 Å². The molecule has 1 atom stereocenters. The zero-order chi connectivity index (χ0) is 13.7. The molecule has 104 valence electrons. The maximum atomic E-state index is 12.1. The SMILES string of the molecule is CCCCOC(C)OC(C(F)(F)F)C(F)(F)F. The van der Waals surface area contributed by atoms with Crippen molar-refractivity contribution in [1.29, 1.82) is 0 Å². The highest BCUT2D eigenvalue weighted by atomic mass is 19.4. The van der Waals surface area contributed by atoms with Crippen LogP contribution in [0.1, 0.15) is 26.7 Å². The highest BCUT2D eigenvalue weighted by Gasteiger charge is 2.58. The number of ether oxygens (including phenoxy) is 2. The van der Waals surface area contributed by atoms with Gasteiger partial charge in [-0.1, -0.05) is 13.3 Å². The molecule has 0 saturated heterocycles. The highest BCUT2D eigenvalue weighted by Crippen LogP contribution is 2.36. The van der Waals surface area contributed by atoms with Crippen molar-refractivity contribution in [2.75, 3.05) is 6.61 Å². The minimum absolute atomic E-state index is 0.0557. The van der Waals surface area contributed by atoms with Gasteiger partial charge in [0.1, 0.15) is 0 Å². The minimum atomic E-state index is -5.50. The Bertz CT molecular complexity index is 199. The molecule has 0 N–H and O–H groups in total. The summed E-state index contributed by atoms with van der Waals surface area (Å²) in [7, 11) is 0. The molecule has 0 aliphatic carbocycles. The molecule has 0 saturated carbocycles. The molecule has 0 fully saturated rings. The number of halogens is 6. The molecule has 0 aromatic carbocycles. The zero-order valence-corrected chi connectivity index (χ0v) is 9.36. The number of unbranched alkanes of at least 4 members (excludes halogenated alkanes) is 1. The Morgan fingerprint density at radius 2 is 1.47 bits per heavy atom. The fourth-order valence-corrected chi connectivity index (χ4v) is 0.964. The van der Waals surface area contributed by atoms with Crippen LogP contribution >= 0.6 is 0 Å². The first kappa shape index (κ1) is 16.5. The van der Waals surface area contributed by atoms with Crippen molar-refractivity contribution >= 4 is 0 Å². The summed E-state index contributed by atoms with van der Waals surface area (Å²) < 4.78 is 80.9. The molecule has 8 heteroatoms. The third-order valence-electron chi connectivity index (χ3n) is 1.77. The first-order valence-corrected chi connectivity index (χ1v) is 4.99. The maximum absolute atomic E-state index is 12.1. The summed E-state index contributed by atoms with van der Waals surface area (Å²) in [5.74, 6) is 0. The second-order valence-corrected chi connectivity index (χ2v) is 3.39. The molecular weight excluding hydrogens is 254 g/mol. The standard InChI is InChI=1S/C9H14F6O2/c1-3-4-5-16-6(2)17-7(8(10,11)12)9(13,14)15/h6-7H,3-5H2,1-2H3. The van der Waals surface area contributed by atoms with Crippen LogP contribution in [0, 0.1) is 0 Å². The Labute approximate surface area is 94.9 Å². The van der Waals surface area contributed by atoms with E-state index in [9.17, 15) is 26.3 Å². The van der Waals surface area contributed by atoms with Crippen molar-refractivity contribution in [2.45, 2.75) is 51.4 Å². The lowest BCUT2D eigenvalue weighted by Gasteiger charge is -2.26. The van der Waals surface area contributed by atoms with Gasteiger partial charge in [-0.05, 0) is 13.3 Å². The summed E-state index contributed by atoms with van der Waals surface area (Å²) in [6.07, 6.45) is -15.1. The van der Waals surface area contributed by atoms with E-state index in [2.05, 4.69) is 9.47 Å². The predicted molar refractivity (Wildman–Crippen MR) is 47.3 cm³/mol. The van der Waals surface area contributed by atoms with Gasteiger partial charge < -0.3 is 9.47 Å². The van der Waals surface area contributed by atoms with Gasteiger partial charge in [0, 0.05) is 6.61 Å². The van der Waals surface area contributed by atoms with Crippen LogP contribution in [0.4, 0.5) is 26.3 Å². The van der Waals surface area contributed by atoms with E-state index < -0.39 is 24.7 Å². The van der Waals surface area contributed by atoms with Gasteiger partial charge in [-0.25, -0.2) is 0 Å². The lowest BCUT2D eigenvalue weighted by Crippen LogP contribution is -2.46. The average Bonchev–Trinajstić information content (AvgIpc) is 2.11. The first-order chi connectivity index (χ1) is 7.59. The molecular formula is C9H14F6O2. The van der Waals surface area contributed by atoms with Crippen LogP contribution in [0.2, 0.25) is 0 Å². The second kappa shape index (κ2) is 6.44. The van der Waals surface area contributed by atoms with Gasteiger partial charge in [-0.2, -0.15) is 26.3 Å². The minimum Gasteiger partial charge on any atom is -0.353 e. The van der Waals surface area contributed by atoms with Gasteiger partial charge in [0.15, 0.2) is 6.29 Å².